The molecular formula is C12H22N2O2. The van der Waals surface area contributed by atoms with Gasteiger partial charge in [0.05, 0.1) is 6.61 Å². The summed E-state index contributed by atoms with van der Waals surface area (Å²) in [5.74, 6) is 1.33. The molecule has 0 aromatic carbocycles. The second kappa shape index (κ2) is 5.15. The van der Waals surface area contributed by atoms with Crippen molar-refractivity contribution in [3.8, 4) is 0 Å². The molecule has 2 atom stereocenters. The molecule has 2 unspecified atom stereocenters. The predicted octanol–water partition coefficient (Wildman–Crippen LogP) is 0.609. The Labute approximate surface area is 97.1 Å². The standard InChI is InChI=1S/C12H22N2O2/c1-9-4-11(5-13)6-14(9)12(15)8-16-7-10-2-3-10/h9-11H,2-8,13H2,1H3. The number of nitrogens with two attached hydrogens (primary N) is 1. The van der Waals surface area contributed by atoms with Crippen molar-refractivity contribution >= 4 is 5.91 Å². The summed E-state index contributed by atoms with van der Waals surface area (Å²) in [5.41, 5.74) is 5.64. The zero-order chi connectivity index (χ0) is 11.5. The van der Waals surface area contributed by atoms with E-state index in [9.17, 15) is 4.79 Å². The summed E-state index contributed by atoms with van der Waals surface area (Å²) in [6, 6.07) is 0.325. The van der Waals surface area contributed by atoms with E-state index in [-0.39, 0.29) is 12.5 Å². The van der Waals surface area contributed by atoms with E-state index in [0.717, 1.165) is 25.5 Å². The van der Waals surface area contributed by atoms with E-state index in [1.54, 1.807) is 0 Å². The van der Waals surface area contributed by atoms with Gasteiger partial charge in [0.2, 0.25) is 5.91 Å². The van der Waals surface area contributed by atoms with Crippen molar-refractivity contribution in [1.29, 1.82) is 0 Å². The zero-order valence-corrected chi connectivity index (χ0v) is 10.0. The van der Waals surface area contributed by atoms with Gasteiger partial charge in [-0.05, 0) is 44.6 Å². The monoisotopic (exact) mass is 226 g/mol. The fourth-order valence-electron chi connectivity index (χ4n) is 2.34. The molecule has 2 aliphatic rings. The van der Waals surface area contributed by atoms with Crippen molar-refractivity contribution < 1.29 is 9.53 Å². The molecule has 16 heavy (non-hydrogen) atoms. The van der Waals surface area contributed by atoms with Crippen LogP contribution in [0.3, 0.4) is 0 Å². The first kappa shape index (κ1) is 11.9. The highest BCUT2D eigenvalue weighted by atomic mass is 16.5. The number of hydrogen-bond donors (Lipinski definition) is 1. The van der Waals surface area contributed by atoms with Crippen LogP contribution in [0.25, 0.3) is 0 Å². The number of likely N-dealkylation sites (tertiary alicyclic amines) is 1. The minimum absolute atomic E-state index is 0.129. The van der Waals surface area contributed by atoms with Gasteiger partial charge in [0.25, 0.3) is 0 Å². The average molecular weight is 226 g/mol. The molecule has 0 bridgehead atoms. The third-order valence-electron chi connectivity index (χ3n) is 3.59. The van der Waals surface area contributed by atoms with Crippen LogP contribution >= 0.6 is 0 Å². The fourth-order valence-corrected chi connectivity index (χ4v) is 2.34. The quantitative estimate of drug-likeness (QED) is 0.747. The van der Waals surface area contributed by atoms with Crippen LogP contribution in [0.15, 0.2) is 0 Å². The van der Waals surface area contributed by atoms with Gasteiger partial charge in [-0.25, -0.2) is 0 Å². The Morgan fingerprint density at radius 3 is 2.75 bits per heavy atom. The van der Waals surface area contributed by atoms with E-state index in [0.29, 0.717) is 18.5 Å². The number of carbonyl (C=O) groups excluding carboxylic acids is 1. The maximum absolute atomic E-state index is 11.9. The molecule has 1 aliphatic heterocycles. The van der Waals surface area contributed by atoms with E-state index >= 15 is 0 Å². The van der Waals surface area contributed by atoms with Crippen molar-refractivity contribution in [1.82, 2.24) is 4.90 Å². The Kier molecular flexibility index (Phi) is 3.82. The molecule has 0 aromatic rings. The molecule has 4 nitrogen and oxygen atoms in total. The molecular weight excluding hydrogens is 204 g/mol. The van der Waals surface area contributed by atoms with Crippen LogP contribution in [0.2, 0.25) is 0 Å². The van der Waals surface area contributed by atoms with Gasteiger partial charge >= 0.3 is 0 Å². The number of amides is 1. The highest BCUT2D eigenvalue weighted by molar-refractivity contribution is 5.78. The summed E-state index contributed by atoms with van der Waals surface area (Å²) in [6.07, 6.45) is 3.57. The molecule has 0 spiro atoms. The highest BCUT2D eigenvalue weighted by Crippen LogP contribution is 2.29. The first-order valence-electron chi connectivity index (χ1n) is 6.28. The van der Waals surface area contributed by atoms with E-state index in [2.05, 4.69) is 6.92 Å². The minimum atomic E-state index is 0.129. The molecule has 1 saturated carbocycles. The van der Waals surface area contributed by atoms with E-state index in [1.165, 1.54) is 12.8 Å². The molecule has 1 aliphatic carbocycles. The lowest BCUT2D eigenvalue weighted by Gasteiger charge is -2.21. The zero-order valence-electron chi connectivity index (χ0n) is 10.0. The van der Waals surface area contributed by atoms with Gasteiger partial charge in [-0.1, -0.05) is 0 Å². The number of rotatable bonds is 5. The van der Waals surface area contributed by atoms with Crippen LogP contribution in [0.1, 0.15) is 26.2 Å². The van der Waals surface area contributed by atoms with Crippen molar-refractivity contribution in [3.63, 3.8) is 0 Å². The first-order valence-corrected chi connectivity index (χ1v) is 6.28. The lowest BCUT2D eigenvalue weighted by molar-refractivity contribution is -0.136. The Morgan fingerprint density at radius 2 is 2.19 bits per heavy atom. The maximum atomic E-state index is 11.9. The Morgan fingerprint density at radius 1 is 1.44 bits per heavy atom. The van der Waals surface area contributed by atoms with Crippen LogP contribution in [-0.2, 0) is 9.53 Å². The molecule has 2 fully saturated rings. The lowest BCUT2D eigenvalue weighted by atomic mass is 10.1. The summed E-state index contributed by atoms with van der Waals surface area (Å²) in [6.45, 7) is 4.58. The van der Waals surface area contributed by atoms with Crippen LogP contribution in [0.5, 0.6) is 0 Å². The third kappa shape index (κ3) is 2.95. The highest BCUT2D eigenvalue weighted by Gasteiger charge is 2.31. The lowest BCUT2D eigenvalue weighted by Crippen LogP contribution is -2.37. The van der Waals surface area contributed by atoms with Gasteiger partial charge in [0.1, 0.15) is 6.61 Å². The second-order valence-corrected chi connectivity index (χ2v) is 5.19. The summed E-state index contributed by atoms with van der Waals surface area (Å²) in [7, 11) is 0. The Balaban J connectivity index is 1.70. The molecule has 1 amide bonds. The molecule has 4 heteroatoms. The molecule has 2 rings (SSSR count). The van der Waals surface area contributed by atoms with Gasteiger partial charge in [-0.3, -0.25) is 4.79 Å². The predicted molar refractivity (Wildman–Crippen MR) is 61.9 cm³/mol. The topological polar surface area (TPSA) is 55.6 Å². The number of carbonyl (C=O) groups is 1. The second-order valence-electron chi connectivity index (χ2n) is 5.19. The van der Waals surface area contributed by atoms with Crippen LogP contribution < -0.4 is 5.73 Å². The van der Waals surface area contributed by atoms with Gasteiger partial charge in [-0.15, -0.1) is 0 Å². The number of hydrogen-bond acceptors (Lipinski definition) is 3. The van der Waals surface area contributed by atoms with Gasteiger partial charge in [0.15, 0.2) is 0 Å². The third-order valence-corrected chi connectivity index (χ3v) is 3.59. The van der Waals surface area contributed by atoms with E-state index in [1.807, 2.05) is 4.90 Å². The fraction of sp³-hybridized carbons (Fsp3) is 0.917. The van der Waals surface area contributed by atoms with E-state index in [4.69, 9.17) is 10.5 Å². The van der Waals surface area contributed by atoms with Crippen LogP contribution in [0, 0.1) is 11.8 Å². The van der Waals surface area contributed by atoms with Crippen LogP contribution in [-0.4, -0.2) is 43.2 Å². The maximum Gasteiger partial charge on any atom is 0.248 e. The van der Waals surface area contributed by atoms with E-state index < -0.39 is 0 Å². The van der Waals surface area contributed by atoms with Gasteiger partial charge < -0.3 is 15.4 Å². The minimum Gasteiger partial charge on any atom is -0.371 e. The van der Waals surface area contributed by atoms with Crippen molar-refractivity contribution in [2.45, 2.75) is 32.2 Å². The molecule has 92 valence electrons. The van der Waals surface area contributed by atoms with Crippen molar-refractivity contribution in [2.24, 2.45) is 17.6 Å². The molecule has 1 heterocycles. The van der Waals surface area contributed by atoms with Crippen molar-refractivity contribution in [2.75, 3.05) is 26.3 Å². The molecule has 2 N–H and O–H groups in total. The number of ether oxygens (including phenoxy) is 1. The SMILES string of the molecule is CC1CC(CN)CN1C(=O)COCC1CC1. The Bertz CT molecular complexity index is 253. The molecule has 0 radical (unpaired) electrons. The van der Waals surface area contributed by atoms with Crippen molar-refractivity contribution in [3.05, 3.63) is 0 Å². The summed E-state index contributed by atoms with van der Waals surface area (Å²) in [5, 5.41) is 0. The first-order chi connectivity index (χ1) is 7.70. The van der Waals surface area contributed by atoms with Gasteiger partial charge in [0, 0.05) is 12.6 Å². The number of nitrogens with zero attached hydrogens (tertiary/aromatic N) is 1. The van der Waals surface area contributed by atoms with Crippen LogP contribution in [0.4, 0.5) is 0 Å². The largest absolute Gasteiger partial charge is 0.371 e. The van der Waals surface area contributed by atoms with Gasteiger partial charge in [-0.2, -0.15) is 0 Å². The molecule has 1 saturated heterocycles. The normalized spacial score (nSPS) is 29.8. The Hall–Kier alpha value is -0.610. The molecule has 0 aromatic heterocycles. The summed E-state index contributed by atoms with van der Waals surface area (Å²) in [4.78, 5) is 13.8. The summed E-state index contributed by atoms with van der Waals surface area (Å²) < 4.78 is 5.43. The summed E-state index contributed by atoms with van der Waals surface area (Å²) >= 11 is 0. The average Bonchev–Trinajstić information content (AvgIpc) is 3.00. The smallest absolute Gasteiger partial charge is 0.248 e.